The molecule has 1 saturated heterocycles. The van der Waals surface area contributed by atoms with Crippen LogP contribution in [-0.4, -0.2) is 59.8 Å². The van der Waals surface area contributed by atoms with Crippen molar-refractivity contribution in [3.63, 3.8) is 0 Å². The molecule has 2 fully saturated rings. The summed E-state index contributed by atoms with van der Waals surface area (Å²) in [5, 5.41) is 8.11. The van der Waals surface area contributed by atoms with E-state index in [2.05, 4.69) is 41.3 Å². The molecule has 10 nitrogen and oxygen atoms in total. The van der Waals surface area contributed by atoms with Gasteiger partial charge in [0.25, 0.3) is 0 Å². The molecular formula is C29H28BrN7O3. The van der Waals surface area contributed by atoms with E-state index in [1.807, 2.05) is 25.1 Å². The molecule has 3 atom stereocenters. The van der Waals surface area contributed by atoms with Gasteiger partial charge in [-0.2, -0.15) is 5.10 Å². The number of aryl methyl sites for hydroxylation is 1. The molecule has 204 valence electrons. The van der Waals surface area contributed by atoms with Gasteiger partial charge in [-0.1, -0.05) is 18.6 Å². The van der Waals surface area contributed by atoms with Crippen molar-refractivity contribution in [2.45, 2.75) is 45.7 Å². The highest BCUT2D eigenvalue weighted by molar-refractivity contribution is 9.10. The molecule has 3 aromatic heterocycles. The summed E-state index contributed by atoms with van der Waals surface area (Å²) in [5.41, 5.74) is 2.65. The molecule has 2 amide bonds. The quantitative estimate of drug-likeness (QED) is 0.256. The first-order chi connectivity index (χ1) is 19.3. The normalized spacial score (nSPS) is 20.1. The molecule has 1 N–H and O–H groups in total. The molecule has 0 bridgehead atoms. The summed E-state index contributed by atoms with van der Waals surface area (Å²) in [4.78, 5) is 54.3. The van der Waals surface area contributed by atoms with Gasteiger partial charge in [-0.05, 0) is 77.4 Å². The van der Waals surface area contributed by atoms with Crippen LogP contribution < -0.4 is 5.32 Å². The van der Waals surface area contributed by atoms with Crippen molar-refractivity contribution in [3.05, 3.63) is 64.9 Å². The molecule has 1 aliphatic carbocycles. The SMILES string of the molecule is CC(=O)c1nn(CC(=O)N2CC3CCC[C@H]3[C@H]2C(=O)Nc2cccc(Br)n2)c2ccc(-c3cnc(C)nc3)cc12. The van der Waals surface area contributed by atoms with E-state index in [0.717, 1.165) is 30.4 Å². The summed E-state index contributed by atoms with van der Waals surface area (Å²) in [5.74, 6) is 0.885. The number of Topliss-reactive ketones (excluding diaryl/α,β-unsaturated/α-hetero) is 1. The van der Waals surface area contributed by atoms with Crippen LogP contribution in [0.5, 0.6) is 0 Å². The molecule has 40 heavy (non-hydrogen) atoms. The van der Waals surface area contributed by atoms with Crippen molar-refractivity contribution in [1.29, 1.82) is 0 Å². The number of fused-ring (bicyclic) bond motifs is 2. The van der Waals surface area contributed by atoms with E-state index in [9.17, 15) is 14.4 Å². The molecule has 0 spiro atoms. The molecule has 1 aromatic carbocycles. The Labute approximate surface area is 239 Å². The third-order valence-electron chi connectivity index (χ3n) is 7.93. The Morgan fingerprint density at radius 2 is 1.88 bits per heavy atom. The van der Waals surface area contributed by atoms with Gasteiger partial charge in [-0.3, -0.25) is 19.1 Å². The number of nitrogens with one attached hydrogen (secondary N) is 1. The van der Waals surface area contributed by atoms with Gasteiger partial charge < -0.3 is 10.2 Å². The largest absolute Gasteiger partial charge is 0.328 e. The summed E-state index contributed by atoms with van der Waals surface area (Å²) in [6.45, 7) is 3.74. The van der Waals surface area contributed by atoms with E-state index in [4.69, 9.17) is 0 Å². The number of carbonyl (C=O) groups is 3. The van der Waals surface area contributed by atoms with Gasteiger partial charge in [0.05, 0.1) is 5.52 Å². The van der Waals surface area contributed by atoms with E-state index in [0.29, 0.717) is 39.4 Å². The van der Waals surface area contributed by atoms with Crippen molar-refractivity contribution in [2.24, 2.45) is 11.8 Å². The van der Waals surface area contributed by atoms with Crippen LogP contribution in [-0.2, 0) is 16.1 Å². The van der Waals surface area contributed by atoms with E-state index in [1.54, 1.807) is 40.2 Å². The number of hydrogen-bond donors (Lipinski definition) is 1. The van der Waals surface area contributed by atoms with Crippen molar-refractivity contribution in [1.82, 2.24) is 29.6 Å². The van der Waals surface area contributed by atoms with Gasteiger partial charge in [-0.15, -0.1) is 0 Å². The van der Waals surface area contributed by atoms with Crippen molar-refractivity contribution in [3.8, 4) is 11.1 Å². The Morgan fingerprint density at radius 3 is 2.62 bits per heavy atom. The lowest BCUT2D eigenvalue weighted by Gasteiger charge is -2.27. The molecule has 11 heteroatoms. The molecule has 1 saturated carbocycles. The lowest BCUT2D eigenvalue weighted by molar-refractivity contribution is -0.138. The van der Waals surface area contributed by atoms with E-state index >= 15 is 0 Å². The fourth-order valence-corrected chi connectivity index (χ4v) is 6.42. The Balaban J connectivity index is 1.29. The summed E-state index contributed by atoms with van der Waals surface area (Å²) < 4.78 is 2.19. The van der Waals surface area contributed by atoms with Gasteiger partial charge in [-0.25, -0.2) is 15.0 Å². The minimum atomic E-state index is -0.581. The molecule has 1 aliphatic heterocycles. The van der Waals surface area contributed by atoms with Gasteiger partial charge >= 0.3 is 0 Å². The van der Waals surface area contributed by atoms with E-state index < -0.39 is 6.04 Å². The zero-order chi connectivity index (χ0) is 28.0. The Morgan fingerprint density at radius 1 is 1.07 bits per heavy atom. The zero-order valence-electron chi connectivity index (χ0n) is 22.2. The molecule has 1 unspecified atom stereocenters. The summed E-state index contributed by atoms with van der Waals surface area (Å²) in [7, 11) is 0. The van der Waals surface area contributed by atoms with Crippen molar-refractivity contribution < 1.29 is 14.4 Å². The number of anilines is 1. The summed E-state index contributed by atoms with van der Waals surface area (Å²) in [6.07, 6.45) is 6.44. The number of likely N-dealkylation sites (tertiary alicyclic amines) is 1. The van der Waals surface area contributed by atoms with Gasteiger partial charge in [0.15, 0.2) is 5.78 Å². The number of halogens is 1. The molecule has 4 aromatic rings. The lowest BCUT2D eigenvalue weighted by Crippen LogP contribution is -2.47. The molecular weight excluding hydrogens is 574 g/mol. The molecule has 2 aliphatic rings. The number of pyridine rings is 1. The van der Waals surface area contributed by atoms with E-state index in [-0.39, 0.29) is 36.0 Å². The number of hydrogen-bond acceptors (Lipinski definition) is 7. The monoisotopic (exact) mass is 601 g/mol. The second kappa shape index (κ2) is 10.5. The first-order valence-corrected chi connectivity index (χ1v) is 14.1. The van der Waals surface area contributed by atoms with Crippen LogP contribution in [0.2, 0.25) is 0 Å². The molecule has 4 heterocycles. The third kappa shape index (κ3) is 4.90. The number of carbonyl (C=O) groups excluding carboxylic acids is 3. The maximum atomic E-state index is 13.8. The smallest absolute Gasteiger partial charge is 0.248 e. The Hall–Kier alpha value is -3.99. The first kappa shape index (κ1) is 26.2. The van der Waals surface area contributed by atoms with Crippen LogP contribution in [0.4, 0.5) is 5.82 Å². The number of aromatic nitrogens is 5. The number of rotatable bonds is 6. The number of amides is 2. The number of ketones is 1. The second-order valence-corrected chi connectivity index (χ2v) is 11.3. The average molecular weight is 602 g/mol. The number of benzene rings is 1. The maximum absolute atomic E-state index is 13.8. The van der Waals surface area contributed by atoms with Crippen LogP contribution in [0, 0.1) is 18.8 Å². The van der Waals surface area contributed by atoms with Crippen molar-refractivity contribution >= 4 is 50.2 Å². The van der Waals surface area contributed by atoms with Gasteiger partial charge in [0.2, 0.25) is 11.8 Å². The molecule has 0 radical (unpaired) electrons. The highest BCUT2D eigenvalue weighted by Crippen LogP contribution is 2.42. The van der Waals surface area contributed by atoms with Crippen LogP contribution in [0.15, 0.2) is 53.4 Å². The van der Waals surface area contributed by atoms with Crippen LogP contribution >= 0.6 is 15.9 Å². The van der Waals surface area contributed by atoms with Crippen molar-refractivity contribution in [2.75, 3.05) is 11.9 Å². The highest BCUT2D eigenvalue weighted by Gasteiger charge is 2.49. The van der Waals surface area contributed by atoms with Crippen LogP contribution in [0.3, 0.4) is 0 Å². The van der Waals surface area contributed by atoms with Crippen LogP contribution in [0.25, 0.3) is 22.0 Å². The minimum Gasteiger partial charge on any atom is -0.328 e. The predicted molar refractivity (Wildman–Crippen MR) is 152 cm³/mol. The fourth-order valence-electron chi connectivity index (χ4n) is 6.08. The topological polar surface area (TPSA) is 123 Å². The maximum Gasteiger partial charge on any atom is 0.248 e. The molecule has 6 rings (SSSR count). The van der Waals surface area contributed by atoms with Gasteiger partial charge in [0, 0.05) is 36.8 Å². The highest BCUT2D eigenvalue weighted by atomic mass is 79.9. The zero-order valence-corrected chi connectivity index (χ0v) is 23.8. The lowest BCUT2D eigenvalue weighted by atomic mass is 9.93. The van der Waals surface area contributed by atoms with E-state index in [1.165, 1.54) is 6.92 Å². The summed E-state index contributed by atoms with van der Waals surface area (Å²) in [6, 6.07) is 10.4. The second-order valence-electron chi connectivity index (χ2n) is 10.5. The predicted octanol–water partition coefficient (Wildman–Crippen LogP) is 4.43. The standard InChI is InChI=1S/C29H28BrN7O3/c1-16(38)27-22-11-18(20-12-31-17(2)32-13-20)9-10-23(22)37(35-27)15-26(39)36-14-19-5-3-6-21(19)28(36)29(40)34-25-8-4-7-24(30)33-25/h4,7-13,19,21,28H,3,5-6,14-15H2,1-2H3,(H,33,34,40)/t19?,21-,28+/m1/s1. The number of nitrogens with zero attached hydrogens (tertiary/aromatic N) is 6. The minimum absolute atomic E-state index is 0.0743. The summed E-state index contributed by atoms with van der Waals surface area (Å²) >= 11 is 3.34. The Bertz CT molecular complexity index is 1630. The third-order valence-corrected chi connectivity index (χ3v) is 8.37. The van der Waals surface area contributed by atoms with Crippen LogP contribution in [0.1, 0.15) is 42.5 Å². The first-order valence-electron chi connectivity index (χ1n) is 13.3. The van der Waals surface area contributed by atoms with Gasteiger partial charge in [0.1, 0.15) is 34.5 Å². The fraction of sp³-hybridized carbons (Fsp3) is 0.345. The average Bonchev–Trinajstić information content (AvgIpc) is 3.62. The Kier molecular flexibility index (Phi) is 6.91.